The van der Waals surface area contributed by atoms with E-state index >= 15 is 0 Å². The number of carbonyl (C=O) groups is 2. The summed E-state index contributed by atoms with van der Waals surface area (Å²) in [6.45, 7) is 1.68. The number of nitro benzene ring substituents is 1. The van der Waals surface area contributed by atoms with Crippen molar-refractivity contribution < 1.29 is 19.2 Å². The average molecular weight is 277 g/mol. The van der Waals surface area contributed by atoms with Gasteiger partial charge in [0.05, 0.1) is 11.5 Å². The van der Waals surface area contributed by atoms with Gasteiger partial charge in [-0.1, -0.05) is 12.1 Å². The van der Waals surface area contributed by atoms with Crippen LogP contribution in [0.15, 0.2) is 24.3 Å². The van der Waals surface area contributed by atoms with E-state index in [-0.39, 0.29) is 18.1 Å². The Bertz CT molecular complexity index is 551. The number of non-ortho nitro benzene ring substituents is 1. The van der Waals surface area contributed by atoms with Gasteiger partial charge in [0.15, 0.2) is 0 Å². The van der Waals surface area contributed by atoms with Crippen molar-refractivity contribution in [3.05, 3.63) is 39.9 Å². The summed E-state index contributed by atoms with van der Waals surface area (Å²) in [6.07, 6.45) is 1.29. The van der Waals surface area contributed by atoms with Crippen molar-refractivity contribution in [2.45, 2.75) is 26.2 Å². The number of ketones is 1. The number of esters is 1. The van der Waals surface area contributed by atoms with Gasteiger partial charge in [0.1, 0.15) is 11.2 Å². The third-order valence-corrected chi connectivity index (χ3v) is 3.81. The van der Waals surface area contributed by atoms with Crippen LogP contribution in [-0.4, -0.2) is 23.3 Å². The standard InChI is InChI=1S/C14H15NO5/c1-10(16)14(8-9-20-13(14)17)7-6-11-2-4-12(5-3-11)15(18)19/h2-5H,6-9H2,1H3. The number of benzene rings is 1. The SMILES string of the molecule is CC(=O)C1(CCc2ccc([N+](=O)[O-])cc2)CCOC1=O. The van der Waals surface area contributed by atoms with Crippen LogP contribution >= 0.6 is 0 Å². The number of aryl methyl sites for hydroxylation is 1. The van der Waals surface area contributed by atoms with Crippen molar-refractivity contribution in [2.75, 3.05) is 6.61 Å². The van der Waals surface area contributed by atoms with E-state index in [1.165, 1.54) is 19.1 Å². The highest BCUT2D eigenvalue weighted by molar-refractivity contribution is 6.03. The van der Waals surface area contributed by atoms with Crippen molar-refractivity contribution in [2.24, 2.45) is 5.41 Å². The van der Waals surface area contributed by atoms with Gasteiger partial charge in [-0.25, -0.2) is 0 Å². The number of hydrogen-bond donors (Lipinski definition) is 0. The molecule has 0 radical (unpaired) electrons. The predicted molar refractivity (Wildman–Crippen MR) is 70.1 cm³/mol. The maximum Gasteiger partial charge on any atom is 0.319 e. The second kappa shape index (κ2) is 5.40. The fourth-order valence-corrected chi connectivity index (χ4v) is 2.42. The summed E-state index contributed by atoms with van der Waals surface area (Å²) in [5.74, 6) is -0.631. The van der Waals surface area contributed by atoms with Crippen LogP contribution < -0.4 is 0 Å². The lowest BCUT2D eigenvalue weighted by atomic mass is 9.77. The molecule has 1 aromatic rings. The Morgan fingerprint density at radius 1 is 1.40 bits per heavy atom. The first-order chi connectivity index (χ1) is 9.45. The molecule has 0 spiro atoms. The highest BCUT2D eigenvalue weighted by Gasteiger charge is 2.48. The molecule has 1 unspecified atom stereocenters. The van der Waals surface area contributed by atoms with Gasteiger partial charge < -0.3 is 4.74 Å². The van der Waals surface area contributed by atoms with Crippen LogP contribution in [0.2, 0.25) is 0 Å². The molecule has 2 rings (SSSR count). The maximum absolute atomic E-state index is 11.8. The molecule has 0 aromatic heterocycles. The van der Waals surface area contributed by atoms with Gasteiger partial charge >= 0.3 is 5.97 Å². The quantitative estimate of drug-likeness (QED) is 0.356. The Morgan fingerprint density at radius 2 is 2.05 bits per heavy atom. The van der Waals surface area contributed by atoms with E-state index in [1.54, 1.807) is 12.1 Å². The first-order valence-electron chi connectivity index (χ1n) is 6.37. The topological polar surface area (TPSA) is 86.5 Å². The molecule has 1 fully saturated rings. The number of rotatable bonds is 5. The summed E-state index contributed by atoms with van der Waals surface area (Å²) in [4.78, 5) is 33.6. The van der Waals surface area contributed by atoms with E-state index in [1.807, 2.05) is 0 Å². The molecule has 0 aliphatic carbocycles. The third kappa shape index (κ3) is 2.54. The first kappa shape index (κ1) is 14.2. The number of nitro groups is 1. The molecule has 1 aliphatic rings. The highest BCUT2D eigenvalue weighted by Crippen LogP contribution is 2.36. The van der Waals surface area contributed by atoms with Gasteiger partial charge in [-0.15, -0.1) is 0 Å². The maximum atomic E-state index is 11.8. The van der Waals surface area contributed by atoms with Crippen LogP contribution in [0.25, 0.3) is 0 Å². The smallest absolute Gasteiger partial charge is 0.319 e. The molecule has 1 saturated heterocycles. The minimum Gasteiger partial charge on any atom is -0.465 e. The number of cyclic esters (lactones) is 1. The highest BCUT2D eigenvalue weighted by atomic mass is 16.6. The zero-order chi connectivity index (χ0) is 14.8. The summed E-state index contributed by atoms with van der Waals surface area (Å²) < 4.78 is 4.92. The number of hydrogen-bond acceptors (Lipinski definition) is 5. The second-order valence-electron chi connectivity index (χ2n) is 4.95. The van der Waals surface area contributed by atoms with E-state index in [9.17, 15) is 19.7 Å². The van der Waals surface area contributed by atoms with Crippen molar-refractivity contribution in [1.82, 2.24) is 0 Å². The van der Waals surface area contributed by atoms with Crippen LogP contribution in [0.4, 0.5) is 5.69 Å². The third-order valence-electron chi connectivity index (χ3n) is 3.81. The zero-order valence-electron chi connectivity index (χ0n) is 11.1. The number of Topliss-reactive ketones (excluding diaryl/α,β-unsaturated/α-hetero) is 1. The van der Waals surface area contributed by atoms with Crippen LogP contribution in [0.3, 0.4) is 0 Å². The lowest BCUT2D eigenvalue weighted by Crippen LogP contribution is -2.34. The Hall–Kier alpha value is -2.24. The molecule has 0 saturated carbocycles. The molecule has 1 atom stereocenters. The summed E-state index contributed by atoms with van der Waals surface area (Å²) >= 11 is 0. The first-order valence-corrected chi connectivity index (χ1v) is 6.37. The lowest BCUT2D eigenvalue weighted by Gasteiger charge is -2.20. The Kier molecular flexibility index (Phi) is 3.83. The molecule has 1 heterocycles. The largest absolute Gasteiger partial charge is 0.465 e. The molecule has 6 nitrogen and oxygen atoms in total. The van der Waals surface area contributed by atoms with Crippen molar-refractivity contribution in [3.63, 3.8) is 0 Å². The molecule has 1 aliphatic heterocycles. The fraction of sp³-hybridized carbons (Fsp3) is 0.429. The Morgan fingerprint density at radius 3 is 2.50 bits per heavy atom. The average Bonchev–Trinajstić information content (AvgIpc) is 2.79. The summed E-state index contributed by atoms with van der Waals surface area (Å²) in [5.41, 5.74) is -0.159. The molecule has 0 N–H and O–H groups in total. The monoisotopic (exact) mass is 277 g/mol. The van der Waals surface area contributed by atoms with E-state index in [2.05, 4.69) is 0 Å². The number of nitrogens with zero attached hydrogens (tertiary/aromatic N) is 1. The van der Waals surface area contributed by atoms with Crippen LogP contribution in [0.1, 0.15) is 25.3 Å². The molecule has 106 valence electrons. The predicted octanol–water partition coefficient (Wildman–Crippen LogP) is 2.05. The number of carbonyl (C=O) groups excluding carboxylic acids is 2. The fourth-order valence-electron chi connectivity index (χ4n) is 2.42. The normalized spacial score (nSPS) is 21.6. The second-order valence-corrected chi connectivity index (χ2v) is 4.95. The molecule has 0 amide bonds. The Labute approximate surface area is 115 Å². The molecule has 1 aromatic carbocycles. The number of ether oxygens (including phenoxy) is 1. The van der Waals surface area contributed by atoms with Crippen LogP contribution in [0.5, 0.6) is 0 Å². The molecular formula is C14H15NO5. The Balaban J connectivity index is 2.08. The molecule has 0 bridgehead atoms. The minimum absolute atomic E-state index is 0.0234. The molecule has 6 heteroatoms. The summed E-state index contributed by atoms with van der Waals surface area (Å²) in [5, 5.41) is 10.6. The van der Waals surface area contributed by atoms with Gasteiger partial charge in [0.2, 0.25) is 0 Å². The molecule has 20 heavy (non-hydrogen) atoms. The van der Waals surface area contributed by atoms with Gasteiger partial charge in [-0.05, 0) is 25.3 Å². The van der Waals surface area contributed by atoms with Crippen molar-refractivity contribution >= 4 is 17.4 Å². The molecular weight excluding hydrogens is 262 g/mol. The zero-order valence-corrected chi connectivity index (χ0v) is 11.1. The van der Waals surface area contributed by atoms with Crippen molar-refractivity contribution in [1.29, 1.82) is 0 Å². The minimum atomic E-state index is -1.04. The van der Waals surface area contributed by atoms with E-state index < -0.39 is 16.3 Å². The van der Waals surface area contributed by atoms with Gasteiger partial charge in [0, 0.05) is 18.6 Å². The summed E-state index contributed by atoms with van der Waals surface area (Å²) in [6, 6.07) is 6.13. The van der Waals surface area contributed by atoms with Gasteiger partial charge in [-0.2, -0.15) is 0 Å². The van der Waals surface area contributed by atoms with Crippen LogP contribution in [-0.2, 0) is 20.7 Å². The van der Waals surface area contributed by atoms with Crippen molar-refractivity contribution in [3.8, 4) is 0 Å². The summed E-state index contributed by atoms with van der Waals surface area (Å²) in [7, 11) is 0. The van der Waals surface area contributed by atoms with Gasteiger partial charge in [-0.3, -0.25) is 19.7 Å². The van der Waals surface area contributed by atoms with Gasteiger partial charge in [0.25, 0.3) is 5.69 Å². The lowest BCUT2D eigenvalue weighted by molar-refractivity contribution is -0.384. The van der Waals surface area contributed by atoms with E-state index in [4.69, 9.17) is 4.74 Å². The van der Waals surface area contributed by atoms with E-state index in [0.717, 1.165) is 5.56 Å². The van der Waals surface area contributed by atoms with E-state index in [0.29, 0.717) is 19.3 Å². The van der Waals surface area contributed by atoms with Crippen LogP contribution in [0, 0.1) is 15.5 Å².